The molecular formula is C23H23N5O3S. The van der Waals surface area contributed by atoms with Gasteiger partial charge >= 0.3 is 0 Å². The molecule has 4 rings (SSSR count). The molecule has 4 aromatic rings. The molecule has 32 heavy (non-hydrogen) atoms. The second-order valence-corrected chi connectivity index (χ2v) is 7.97. The minimum Gasteiger partial charge on any atom is -0.494 e. The predicted octanol–water partition coefficient (Wildman–Crippen LogP) is 4.29. The third-order valence-electron chi connectivity index (χ3n) is 4.64. The number of ether oxygens (including phenoxy) is 1. The summed E-state index contributed by atoms with van der Waals surface area (Å²) in [4.78, 5) is 33.3. The Kier molecular flexibility index (Phi) is 6.46. The Morgan fingerprint density at radius 1 is 1.19 bits per heavy atom. The molecule has 3 aromatic heterocycles. The number of thiophene rings is 1. The Morgan fingerprint density at radius 2 is 2.00 bits per heavy atom. The summed E-state index contributed by atoms with van der Waals surface area (Å²) in [7, 11) is 0. The van der Waals surface area contributed by atoms with Gasteiger partial charge in [-0.15, -0.1) is 11.3 Å². The van der Waals surface area contributed by atoms with Crippen LogP contribution in [0, 0.1) is 0 Å². The van der Waals surface area contributed by atoms with Crippen molar-refractivity contribution in [2.24, 2.45) is 0 Å². The van der Waals surface area contributed by atoms with Gasteiger partial charge in [0.2, 0.25) is 5.95 Å². The Balaban J connectivity index is 1.71. The highest BCUT2D eigenvalue weighted by Gasteiger charge is 2.17. The van der Waals surface area contributed by atoms with E-state index >= 15 is 0 Å². The zero-order chi connectivity index (χ0) is 22.5. The summed E-state index contributed by atoms with van der Waals surface area (Å²) in [6.07, 6.45) is 1.53. The van der Waals surface area contributed by atoms with E-state index in [9.17, 15) is 9.59 Å². The lowest BCUT2D eigenvalue weighted by atomic mass is 10.2. The van der Waals surface area contributed by atoms with E-state index in [-0.39, 0.29) is 17.4 Å². The second kappa shape index (κ2) is 9.61. The highest BCUT2D eigenvalue weighted by Crippen LogP contribution is 2.27. The number of carbonyl (C=O) groups is 1. The number of aromatic amines is 1. The van der Waals surface area contributed by atoms with Gasteiger partial charge in [-0.2, -0.15) is 9.78 Å². The molecule has 0 atom stereocenters. The van der Waals surface area contributed by atoms with Crippen LogP contribution in [0.4, 0.5) is 5.82 Å². The molecule has 0 radical (unpaired) electrons. The summed E-state index contributed by atoms with van der Waals surface area (Å²) >= 11 is 1.53. The number of amides is 1. The van der Waals surface area contributed by atoms with Crippen molar-refractivity contribution in [3.8, 4) is 22.3 Å². The second-order valence-electron chi connectivity index (χ2n) is 7.03. The van der Waals surface area contributed by atoms with Crippen molar-refractivity contribution < 1.29 is 9.53 Å². The highest BCUT2D eigenvalue weighted by atomic mass is 32.1. The van der Waals surface area contributed by atoms with Crippen LogP contribution in [0.25, 0.3) is 16.5 Å². The van der Waals surface area contributed by atoms with Crippen LogP contribution in [0.2, 0.25) is 0 Å². The molecule has 0 aliphatic carbocycles. The first kappa shape index (κ1) is 21.5. The summed E-state index contributed by atoms with van der Waals surface area (Å²) in [6.45, 7) is 4.48. The lowest BCUT2D eigenvalue weighted by Gasteiger charge is -2.09. The molecular weight excluding hydrogens is 426 g/mol. The molecule has 0 aliphatic heterocycles. The zero-order valence-corrected chi connectivity index (χ0v) is 18.6. The van der Waals surface area contributed by atoms with Crippen LogP contribution in [0.15, 0.2) is 58.7 Å². The van der Waals surface area contributed by atoms with Gasteiger partial charge in [0.1, 0.15) is 17.3 Å². The number of aromatic nitrogens is 4. The lowest BCUT2D eigenvalue weighted by Crippen LogP contribution is -2.19. The number of nitrogens with one attached hydrogen (secondary N) is 2. The number of aryl methyl sites for hydroxylation is 1. The lowest BCUT2D eigenvalue weighted by molar-refractivity contribution is 0.102. The van der Waals surface area contributed by atoms with E-state index in [0.717, 1.165) is 11.3 Å². The SMILES string of the molecule is CCCc1cc(=O)[nH]c(-n2nc(-c3cccs3)cc2NC(=O)c2ccc(OCC)cc2)n1. The topological polar surface area (TPSA) is 102 Å². The van der Waals surface area contributed by atoms with Crippen LogP contribution in [0.1, 0.15) is 36.3 Å². The van der Waals surface area contributed by atoms with Crippen LogP contribution < -0.4 is 15.6 Å². The number of carbonyl (C=O) groups excluding carboxylic acids is 1. The third kappa shape index (κ3) is 4.78. The minimum atomic E-state index is -0.306. The van der Waals surface area contributed by atoms with E-state index in [1.807, 2.05) is 31.4 Å². The number of anilines is 1. The van der Waals surface area contributed by atoms with E-state index in [1.165, 1.54) is 22.1 Å². The Bertz CT molecular complexity index is 1260. The van der Waals surface area contributed by atoms with Crippen LogP contribution in [0.5, 0.6) is 5.75 Å². The molecule has 0 bridgehead atoms. The summed E-state index contributed by atoms with van der Waals surface area (Å²) in [5.74, 6) is 1.05. The van der Waals surface area contributed by atoms with Crippen molar-refractivity contribution in [3.63, 3.8) is 0 Å². The number of rotatable bonds is 8. The van der Waals surface area contributed by atoms with Gasteiger partial charge in [-0.1, -0.05) is 19.4 Å². The fraction of sp³-hybridized carbons (Fsp3) is 0.217. The van der Waals surface area contributed by atoms with E-state index in [2.05, 4.69) is 20.4 Å². The maximum Gasteiger partial charge on any atom is 0.256 e. The number of benzene rings is 1. The molecule has 0 aliphatic rings. The Hall–Kier alpha value is -3.72. The molecule has 164 valence electrons. The number of nitrogens with zero attached hydrogens (tertiary/aromatic N) is 3. The summed E-state index contributed by atoms with van der Waals surface area (Å²) in [5.41, 5.74) is 1.55. The van der Waals surface area contributed by atoms with Gasteiger partial charge < -0.3 is 10.1 Å². The van der Waals surface area contributed by atoms with Crippen LogP contribution in [0.3, 0.4) is 0 Å². The van der Waals surface area contributed by atoms with Gasteiger partial charge in [0.25, 0.3) is 11.5 Å². The molecule has 1 aromatic carbocycles. The van der Waals surface area contributed by atoms with Gasteiger partial charge in [-0.25, -0.2) is 4.98 Å². The van der Waals surface area contributed by atoms with Crippen LogP contribution >= 0.6 is 11.3 Å². The first-order valence-corrected chi connectivity index (χ1v) is 11.2. The van der Waals surface area contributed by atoms with Crippen LogP contribution in [-0.2, 0) is 6.42 Å². The molecule has 2 N–H and O–H groups in total. The van der Waals surface area contributed by atoms with Crippen molar-refractivity contribution in [1.29, 1.82) is 0 Å². The monoisotopic (exact) mass is 449 g/mol. The zero-order valence-electron chi connectivity index (χ0n) is 17.8. The Labute approximate surface area is 188 Å². The average molecular weight is 450 g/mol. The minimum absolute atomic E-state index is 0.255. The average Bonchev–Trinajstić information content (AvgIpc) is 3.44. The Morgan fingerprint density at radius 3 is 2.69 bits per heavy atom. The van der Waals surface area contributed by atoms with E-state index in [1.54, 1.807) is 30.3 Å². The molecule has 1 amide bonds. The summed E-state index contributed by atoms with van der Waals surface area (Å²) in [5, 5.41) is 9.46. The van der Waals surface area contributed by atoms with Gasteiger partial charge in [0.15, 0.2) is 0 Å². The summed E-state index contributed by atoms with van der Waals surface area (Å²) < 4.78 is 6.90. The van der Waals surface area contributed by atoms with Gasteiger partial charge in [0, 0.05) is 23.4 Å². The molecule has 3 heterocycles. The first-order chi connectivity index (χ1) is 15.6. The molecule has 0 saturated heterocycles. The standard InChI is InChI=1S/C23H23N5O3S/c1-3-6-16-13-21(29)26-23(24-16)28-20(14-18(27-28)19-7-5-12-32-19)25-22(30)15-8-10-17(11-9-15)31-4-2/h5,7-14H,3-4,6H2,1-2H3,(H,25,30)(H,24,26,29). The highest BCUT2D eigenvalue weighted by molar-refractivity contribution is 7.13. The largest absolute Gasteiger partial charge is 0.494 e. The smallest absolute Gasteiger partial charge is 0.256 e. The molecule has 9 heteroatoms. The van der Waals surface area contributed by atoms with Gasteiger partial charge in [-0.3, -0.25) is 14.6 Å². The van der Waals surface area contributed by atoms with E-state index in [4.69, 9.17) is 4.74 Å². The predicted molar refractivity (Wildman–Crippen MR) is 125 cm³/mol. The quantitative estimate of drug-likeness (QED) is 0.418. The number of hydrogen-bond acceptors (Lipinski definition) is 6. The fourth-order valence-electron chi connectivity index (χ4n) is 3.21. The maximum atomic E-state index is 12.9. The van der Waals surface area contributed by atoms with Gasteiger partial charge in [-0.05, 0) is 49.1 Å². The fourth-order valence-corrected chi connectivity index (χ4v) is 3.89. The van der Waals surface area contributed by atoms with Crippen LogP contribution in [-0.4, -0.2) is 32.3 Å². The van der Waals surface area contributed by atoms with E-state index in [0.29, 0.717) is 41.5 Å². The molecule has 0 fully saturated rings. The molecule has 0 saturated carbocycles. The van der Waals surface area contributed by atoms with Crippen molar-refractivity contribution in [1.82, 2.24) is 19.7 Å². The first-order valence-electron chi connectivity index (χ1n) is 10.4. The molecule has 8 nitrogen and oxygen atoms in total. The number of H-pyrrole nitrogens is 1. The van der Waals surface area contributed by atoms with Crippen molar-refractivity contribution in [2.75, 3.05) is 11.9 Å². The normalized spacial score (nSPS) is 10.8. The number of hydrogen-bond donors (Lipinski definition) is 2. The van der Waals surface area contributed by atoms with Crippen molar-refractivity contribution >= 4 is 23.1 Å². The summed E-state index contributed by atoms with van der Waals surface area (Å²) in [6, 6.07) is 14.0. The van der Waals surface area contributed by atoms with Gasteiger partial charge in [0.05, 0.1) is 11.5 Å². The van der Waals surface area contributed by atoms with Crippen molar-refractivity contribution in [3.05, 3.63) is 75.5 Å². The molecule has 0 unspecified atom stereocenters. The van der Waals surface area contributed by atoms with Crippen molar-refractivity contribution in [2.45, 2.75) is 26.7 Å². The molecule has 0 spiro atoms. The van der Waals surface area contributed by atoms with E-state index < -0.39 is 0 Å². The third-order valence-corrected chi connectivity index (χ3v) is 5.53. The maximum absolute atomic E-state index is 12.9.